The smallest absolute Gasteiger partial charge is 0.123 e. The van der Waals surface area contributed by atoms with E-state index < -0.39 is 0 Å². The molecule has 1 fully saturated rings. The lowest BCUT2D eigenvalue weighted by atomic mass is 9.98. The van der Waals surface area contributed by atoms with Crippen LogP contribution < -0.4 is 5.32 Å². The van der Waals surface area contributed by atoms with Crippen LogP contribution in [0.3, 0.4) is 0 Å². The van der Waals surface area contributed by atoms with Gasteiger partial charge in [-0.1, -0.05) is 6.08 Å². The van der Waals surface area contributed by atoms with Gasteiger partial charge in [-0.15, -0.1) is 6.58 Å². The number of piperazine rings is 1. The van der Waals surface area contributed by atoms with Crippen molar-refractivity contribution in [3.8, 4) is 5.75 Å². The average molecular weight is 264 g/mol. The third-order valence-corrected chi connectivity index (χ3v) is 3.59. The molecule has 1 aromatic rings. The minimum atomic E-state index is -0.300. The quantitative estimate of drug-likeness (QED) is 0.802. The van der Waals surface area contributed by atoms with Gasteiger partial charge in [-0.3, -0.25) is 4.90 Å². The minimum Gasteiger partial charge on any atom is -0.508 e. The van der Waals surface area contributed by atoms with Gasteiger partial charge in [0.25, 0.3) is 0 Å². The maximum atomic E-state index is 13.4. The molecule has 0 unspecified atom stereocenters. The van der Waals surface area contributed by atoms with Gasteiger partial charge in [-0.25, -0.2) is 4.39 Å². The molecule has 0 saturated carbocycles. The molecule has 2 rings (SSSR count). The normalized spacial score (nSPS) is 18.2. The van der Waals surface area contributed by atoms with Crippen LogP contribution in [-0.4, -0.2) is 36.2 Å². The minimum absolute atomic E-state index is 0.0517. The number of nitrogens with one attached hydrogen (secondary N) is 1. The van der Waals surface area contributed by atoms with Crippen molar-refractivity contribution >= 4 is 0 Å². The Labute approximate surface area is 113 Å². The van der Waals surface area contributed by atoms with Crippen molar-refractivity contribution in [3.63, 3.8) is 0 Å². The van der Waals surface area contributed by atoms with Crippen LogP contribution >= 0.6 is 0 Å². The van der Waals surface area contributed by atoms with Gasteiger partial charge in [-0.05, 0) is 31.0 Å². The molecule has 0 spiro atoms. The second-order valence-corrected chi connectivity index (χ2v) is 4.87. The van der Waals surface area contributed by atoms with Gasteiger partial charge in [0.2, 0.25) is 0 Å². The van der Waals surface area contributed by atoms with Gasteiger partial charge in [0.15, 0.2) is 0 Å². The van der Waals surface area contributed by atoms with Crippen molar-refractivity contribution in [1.82, 2.24) is 10.2 Å². The highest BCUT2D eigenvalue weighted by Gasteiger charge is 2.24. The van der Waals surface area contributed by atoms with E-state index in [0.29, 0.717) is 5.56 Å². The van der Waals surface area contributed by atoms with E-state index in [2.05, 4.69) is 16.8 Å². The van der Waals surface area contributed by atoms with Crippen LogP contribution in [0.1, 0.15) is 24.4 Å². The van der Waals surface area contributed by atoms with Gasteiger partial charge in [-0.2, -0.15) is 0 Å². The number of halogens is 1. The Bertz CT molecular complexity index is 430. The molecule has 3 nitrogen and oxygen atoms in total. The van der Waals surface area contributed by atoms with E-state index in [4.69, 9.17) is 0 Å². The van der Waals surface area contributed by atoms with Gasteiger partial charge in [0.05, 0.1) is 0 Å². The van der Waals surface area contributed by atoms with Crippen molar-refractivity contribution in [2.75, 3.05) is 26.2 Å². The van der Waals surface area contributed by atoms with Gasteiger partial charge in [0.1, 0.15) is 11.6 Å². The molecule has 4 heteroatoms. The van der Waals surface area contributed by atoms with Crippen molar-refractivity contribution in [2.45, 2.75) is 18.9 Å². The zero-order chi connectivity index (χ0) is 13.7. The number of hydrogen-bond donors (Lipinski definition) is 2. The van der Waals surface area contributed by atoms with E-state index in [-0.39, 0.29) is 17.6 Å². The molecule has 1 aromatic carbocycles. The van der Waals surface area contributed by atoms with Crippen molar-refractivity contribution in [3.05, 3.63) is 42.2 Å². The standard InChI is InChI=1S/C15H21FN2O/c1-2-3-4-14(18-9-7-17-8-10-18)13-11-12(16)5-6-15(13)19/h2,5-6,11,14,17,19H,1,3-4,7-10H2/t14-/m1/s1. The Hall–Kier alpha value is -1.39. The topological polar surface area (TPSA) is 35.5 Å². The molecule has 0 amide bonds. The highest BCUT2D eigenvalue weighted by Crippen LogP contribution is 2.33. The number of allylic oxidation sites excluding steroid dienone is 1. The van der Waals surface area contributed by atoms with Crippen LogP contribution in [0.2, 0.25) is 0 Å². The van der Waals surface area contributed by atoms with Crippen molar-refractivity contribution in [2.24, 2.45) is 0 Å². The molecule has 19 heavy (non-hydrogen) atoms. The summed E-state index contributed by atoms with van der Waals surface area (Å²) in [7, 11) is 0. The zero-order valence-electron chi connectivity index (χ0n) is 11.1. The summed E-state index contributed by atoms with van der Waals surface area (Å²) in [4.78, 5) is 2.30. The maximum Gasteiger partial charge on any atom is 0.123 e. The van der Waals surface area contributed by atoms with Crippen molar-refractivity contribution < 1.29 is 9.50 Å². The molecular weight excluding hydrogens is 243 g/mol. The first-order chi connectivity index (χ1) is 9.22. The van der Waals surface area contributed by atoms with Crippen LogP contribution in [0.15, 0.2) is 30.9 Å². The molecule has 1 heterocycles. The van der Waals surface area contributed by atoms with Crippen LogP contribution in [0.25, 0.3) is 0 Å². The van der Waals surface area contributed by atoms with E-state index in [9.17, 15) is 9.50 Å². The first kappa shape index (κ1) is 14.0. The number of phenols is 1. The number of phenolic OH excluding ortho intramolecular Hbond substituents is 1. The lowest BCUT2D eigenvalue weighted by Crippen LogP contribution is -2.45. The number of nitrogens with zero attached hydrogens (tertiary/aromatic N) is 1. The summed E-state index contributed by atoms with van der Waals surface area (Å²) in [6.07, 6.45) is 3.57. The predicted octanol–water partition coefficient (Wildman–Crippen LogP) is 2.44. The number of rotatable bonds is 5. The molecule has 0 aliphatic carbocycles. The molecule has 1 aliphatic rings. The summed E-state index contributed by atoms with van der Waals surface area (Å²) in [6, 6.07) is 4.23. The molecule has 104 valence electrons. The molecular formula is C15H21FN2O. The molecule has 0 bridgehead atoms. The van der Waals surface area contributed by atoms with Crippen LogP contribution in [0, 0.1) is 5.82 Å². The van der Waals surface area contributed by atoms with Gasteiger partial charge < -0.3 is 10.4 Å². The third-order valence-electron chi connectivity index (χ3n) is 3.59. The summed E-state index contributed by atoms with van der Waals surface area (Å²) in [5, 5.41) is 13.3. The first-order valence-electron chi connectivity index (χ1n) is 6.76. The van der Waals surface area contributed by atoms with Crippen LogP contribution in [0.4, 0.5) is 4.39 Å². The van der Waals surface area contributed by atoms with E-state index in [1.807, 2.05) is 6.08 Å². The van der Waals surface area contributed by atoms with E-state index in [1.165, 1.54) is 18.2 Å². The summed E-state index contributed by atoms with van der Waals surface area (Å²) in [5.74, 6) is -0.125. The molecule has 0 aromatic heterocycles. The number of aromatic hydroxyl groups is 1. The van der Waals surface area contributed by atoms with E-state index in [1.54, 1.807) is 0 Å². The first-order valence-corrected chi connectivity index (χ1v) is 6.76. The Balaban J connectivity index is 2.24. The fraction of sp³-hybridized carbons (Fsp3) is 0.467. The second-order valence-electron chi connectivity index (χ2n) is 4.87. The average Bonchev–Trinajstić information content (AvgIpc) is 2.44. The van der Waals surface area contributed by atoms with E-state index in [0.717, 1.165) is 39.0 Å². The zero-order valence-corrected chi connectivity index (χ0v) is 11.1. The highest BCUT2D eigenvalue weighted by molar-refractivity contribution is 5.35. The van der Waals surface area contributed by atoms with Crippen molar-refractivity contribution in [1.29, 1.82) is 0 Å². The highest BCUT2D eigenvalue weighted by atomic mass is 19.1. The van der Waals surface area contributed by atoms with Crippen LogP contribution in [-0.2, 0) is 0 Å². The van der Waals surface area contributed by atoms with Gasteiger partial charge in [0, 0.05) is 37.8 Å². The Morgan fingerprint density at radius 3 is 2.84 bits per heavy atom. The number of benzene rings is 1. The monoisotopic (exact) mass is 264 g/mol. The summed E-state index contributed by atoms with van der Waals surface area (Å²) in [5.41, 5.74) is 0.684. The predicted molar refractivity (Wildman–Crippen MR) is 74.7 cm³/mol. The maximum absolute atomic E-state index is 13.4. The van der Waals surface area contributed by atoms with Crippen LogP contribution in [0.5, 0.6) is 5.75 Å². The third kappa shape index (κ3) is 3.55. The summed E-state index contributed by atoms with van der Waals surface area (Å²) < 4.78 is 13.4. The number of hydrogen-bond acceptors (Lipinski definition) is 3. The molecule has 1 saturated heterocycles. The molecule has 2 N–H and O–H groups in total. The molecule has 0 radical (unpaired) electrons. The Kier molecular flexibility index (Phi) is 4.93. The molecule has 1 atom stereocenters. The Morgan fingerprint density at radius 2 is 2.16 bits per heavy atom. The molecule has 1 aliphatic heterocycles. The fourth-order valence-electron chi connectivity index (χ4n) is 2.60. The largest absolute Gasteiger partial charge is 0.508 e. The lowest BCUT2D eigenvalue weighted by molar-refractivity contribution is 0.163. The SMILES string of the molecule is C=CCC[C@H](c1cc(F)ccc1O)N1CCNCC1. The fourth-order valence-corrected chi connectivity index (χ4v) is 2.60. The van der Waals surface area contributed by atoms with E-state index >= 15 is 0 Å². The summed E-state index contributed by atoms with van der Waals surface area (Å²) in [6.45, 7) is 7.44. The second kappa shape index (κ2) is 6.68. The lowest BCUT2D eigenvalue weighted by Gasteiger charge is -2.35. The van der Waals surface area contributed by atoms with Gasteiger partial charge >= 0.3 is 0 Å². The summed E-state index contributed by atoms with van der Waals surface area (Å²) >= 11 is 0. The Morgan fingerprint density at radius 1 is 1.42 bits per heavy atom.